The number of aromatic nitrogens is 2. The standard InChI is InChI=1S/C34H43Cl2N5O2/c1-19-6-9-23(10-7-19)38-32(42)25-13-27-29(15-28(25)41-17-21-12-22(21)18-41)40(5)30(39-27)14-24-26(35)11-8-20(31(24)36)16-37-33(43)34(2,3)4/h8,11,13,15,19,21-23H,6-7,9-10,12,14,16-18H2,1-5H3,(H,37,43)(H,38,42). The Kier molecular flexibility index (Phi) is 8.18. The van der Waals surface area contributed by atoms with E-state index in [4.69, 9.17) is 28.2 Å². The van der Waals surface area contributed by atoms with Crippen LogP contribution in [0.2, 0.25) is 10.0 Å². The maximum Gasteiger partial charge on any atom is 0.253 e. The van der Waals surface area contributed by atoms with Crippen LogP contribution < -0.4 is 15.5 Å². The highest BCUT2D eigenvalue weighted by molar-refractivity contribution is 6.36. The number of nitrogens with one attached hydrogen (secondary N) is 2. The Hall–Kier alpha value is -2.77. The molecule has 2 atom stereocenters. The van der Waals surface area contributed by atoms with Gasteiger partial charge in [0.05, 0.1) is 27.3 Å². The topological polar surface area (TPSA) is 79.3 Å². The van der Waals surface area contributed by atoms with Gasteiger partial charge in [0, 0.05) is 49.6 Å². The number of carbonyl (C=O) groups is 2. The quantitative estimate of drug-likeness (QED) is 0.300. The van der Waals surface area contributed by atoms with E-state index in [1.165, 1.54) is 6.42 Å². The van der Waals surface area contributed by atoms with Crippen molar-refractivity contribution in [2.75, 3.05) is 18.0 Å². The van der Waals surface area contributed by atoms with Crippen LogP contribution in [0.4, 0.5) is 5.69 Å². The van der Waals surface area contributed by atoms with Crippen molar-refractivity contribution in [1.82, 2.24) is 20.2 Å². The molecule has 3 aliphatic rings. The van der Waals surface area contributed by atoms with Crippen molar-refractivity contribution in [3.63, 3.8) is 0 Å². The first kappa shape index (κ1) is 30.3. The van der Waals surface area contributed by atoms with Gasteiger partial charge >= 0.3 is 0 Å². The minimum atomic E-state index is -0.492. The highest BCUT2D eigenvalue weighted by atomic mass is 35.5. The largest absolute Gasteiger partial charge is 0.370 e. The van der Waals surface area contributed by atoms with E-state index in [-0.39, 0.29) is 17.9 Å². The lowest BCUT2D eigenvalue weighted by molar-refractivity contribution is -0.128. The lowest BCUT2D eigenvalue weighted by Gasteiger charge is -2.28. The Morgan fingerprint density at radius 2 is 1.74 bits per heavy atom. The average Bonchev–Trinajstić information content (AvgIpc) is 3.45. The molecule has 2 saturated carbocycles. The van der Waals surface area contributed by atoms with Crippen molar-refractivity contribution in [3.05, 3.63) is 56.8 Å². The van der Waals surface area contributed by atoms with Gasteiger partial charge in [0.1, 0.15) is 5.82 Å². The van der Waals surface area contributed by atoms with Gasteiger partial charge in [-0.15, -0.1) is 0 Å². The molecular weight excluding hydrogens is 581 g/mol. The van der Waals surface area contributed by atoms with Gasteiger partial charge in [0.2, 0.25) is 5.91 Å². The van der Waals surface area contributed by atoms with E-state index in [0.717, 1.165) is 90.2 Å². The highest BCUT2D eigenvalue weighted by Gasteiger charge is 2.46. The number of carbonyl (C=O) groups excluding carboxylic acids is 2. The van der Waals surface area contributed by atoms with Crippen molar-refractivity contribution in [3.8, 4) is 0 Å². The molecule has 3 fully saturated rings. The number of halogens is 2. The molecule has 0 radical (unpaired) electrons. The van der Waals surface area contributed by atoms with E-state index in [0.29, 0.717) is 28.6 Å². The van der Waals surface area contributed by atoms with Crippen molar-refractivity contribution in [2.24, 2.45) is 30.2 Å². The van der Waals surface area contributed by atoms with Gasteiger partial charge in [-0.2, -0.15) is 0 Å². The van der Waals surface area contributed by atoms with E-state index >= 15 is 0 Å². The molecule has 43 heavy (non-hydrogen) atoms. The molecule has 0 spiro atoms. The minimum Gasteiger partial charge on any atom is -0.370 e. The first-order valence-electron chi connectivity index (χ1n) is 15.7. The highest BCUT2D eigenvalue weighted by Crippen LogP contribution is 2.47. The maximum absolute atomic E-state index is 13.8. The summed E-state index contributed by atoms with van der Waals surface area (Å²) >= 11 is 13.5. The molecule has 7 nitrogen and oxygen atoms in total. The van der Waals surface area contributed by atoms with Crippen LogP contribution in [0.1, 0.15) is 87.1 Å². The van der Waals surface area contributed by atoms with Crippen molar-refractivity contribution < 1.29 is 9.59 Å². The third-order valence-corrected chi connectivity index (χ3v) is 10.6. The molecule has 2 unspecified atom stereocenters. The molecule has 2 aliphatic carbocycles. The lowest BCUT2D eigenvalue weighted by atomic mass is 9.87. The number of imidazole rings is 1. The van der Waals surface area contributed by atoms with Crippen LogP contribution in [0.5, 0.6) is 0 Å². The number of anilines is 1. The maximum atomic E-state index is 13.8. The zero-order valence-electron chi connectivity index (χ0n) is 25.9. The second-order valence-electron chi connectivity index (χ2n) is 14.1. The van der Waals surface area contributed by atoms with Crippen LogP contribution in [-0.2, 0) is 24.8 Å². The number of nitrogens with zero attached hydrogens (tertiary/aromatic N) is 3. The molecule has 2 aromatic carbocycles. The van der Waals surface area contributed by atoms with Crippen molar-refractivity contribution >= 4 is 51.7 Å². The fourth-order valence-electron chi connectivity index (χ4n) is 6.68. The smallest absolute Gasteiger partial charge is 0.253 e. The zero-order chi connectivity index (χ0) is 30.6. The zero-order valence-corrected chi connectivity index (χ0v) is 27.4. The monoisotopic (exact) mass is 623 g/mol. The summed E-state index contributed by atoms with van der Waals surface area (Å²) in [6.07, 6.45) is 6.11. The average molecular weight is 625 g/mol. The molecule has 1 aliphatic heterocycles. The van der Waals surface area contributed by atoms with Gasteiger partial charge in [-0.3, -0.25) is 9.59 Å². The summed E-state index contributed by atoms with van der Waals surface area (Å²) in [6.45, 7) is 10.3. The third kappa shape index (κ3) is 6.26. The number of aryl methyl sites for hydroxylation is 1. The second kappa shape index (κ2) is 11.6. The summed E-state index contributed by atoms with van der Waals surface area (Å²) in [5.74, 6) is 2.99. The first-order chi connectivity index (χ1) is 20.4. The van der Waals surface area contributed by atoms with Gasteiger partial charge in [-0.1, -0.05) is 57.0 Å². The number of fused-ring (bicyclic) bond motifs is 2. The molecule has 2 amide bonds. The van der Waals surface area contributed by atoms with E-state index in [1.807, 2.05) is 46.0 Å². The van der Waals surface area contributed by atoms with Gasteiger partial charge in [0.25, 0.3) is 5.91 Å². The number of amides is 2. The summed E-state index contributed by atoms with van der Waals surface area (Å²) in [6, 6.07) is 8.03. The Balaban J connectivity index is 1.30. The Morgan fingerprint density at radius 1 is 1.05 bits per heavy atom. The summed E-state index contributed by atoms with van der Waals surface area (Å²) < 4.78 is 2.08. The Morgan fingerprint density at radius 3 is 2.42 bits per heavy atom. The number of hydrogen-bond donors (Lipinski definition) is 2. The molecule has 1 aromatic heterocycles. The van der Waals surface area contributed by atoms with E-state index in [1.54, 1.807) is 0 Å². The number of benzene rings is 2. The summed E-state index contributed by atoms with van der Waals surface area (Å²) in [5.41, 5.74) is 4.57. The fourth-order valence-corrected chi connectivity index (χ4v) is 7.26. The third-order valence-electron chi connectivity index (χ3n) is 9.73. The molecule has 9 heteroatoms. The summed E-state index contributed by atoms with van der Waals surface area (Å²) in [5, 5.41) is 7.43. The normalized spacial score (nSPS) is 23.4. The van der Waals surface area contributed by atoms with E-state index in [9.17, 15) is 9.59 Å². The SMILES string of the molecule is CC1CCC(NC(=O)c2cc3nc(Cc4c(Cl)ccc(CNC(=O)C(C)(C)C)c4Cl)n(C)c3cc2N2CC3CC3C2)CC1. The van der Waals surface area contributed by atoms with Gasteiger partial charge < -0.3 is 20.1 Å². The summed E-state index contributed by atoms with van der Waals surface area (Å²) in [7, 11) is 2.01. The van der Waals surface area contributed by atoms with Crippen molar-refractivity contribution in [2.45, 2.75) is 78.8 Å². The van der Waals surface area contributed by atoms with Crippen molar-refractivity contribution in [1.29, 1.82) is 0 Å². The number of hydrogen-bond acceptors (Lipinski definition) is 4. The van der Waals surface area contributed by atoms with Gasteiger partial charge in [-0.05, 0) is 79.2 Å². The van der Waals surface area contributed by atoms with Gasteiger partial charge in [0.15, 0.2) is 0 Å². The predicted octanol–water partition coefficient (Wildman–Crippen LogP) is 6.90. The molecule has 2 heterocycles. The summed E-state index contributed by atoms with van der Waals surface area (Å²) in [4.78, 5) is 33.6. The number of piperidine rings is 1. The Labute approximate surface area is 264 Å². The molecule has 2 N–H and O–H groups in total. The molecule has 3 aromatic rings. The van der Waals surface area contributed by atoms with Gasteiger partial charge in [-0.25, -0.2) is 4.98 Å². The second-order valence-corrected chi connectivity index (χ2v) is 14.9. The number of rotatable bonds is 7. The fraction of sp³-hybridized carbons (Fsp3) is 0.559. The van der Waals surface area contributed by atoms with E-state index in [2.05, 4.69) is 33.1 Å². The molecule has 230 valence electrons. The predicted molar refractivity (Wildman–Crippen MR) is 174 cm³/mol. The van der Waals surface area contributed by atoms with Crippen LogP contribution in [0.15, 0.2) is 24.3 Å². The Bertz CT molecular complexity index is 1560. The first-order valence-corrected chi connectivity index (χ1v) is 16.4. The van der Waals surface area contributed by atoms with Crippen LogP contribution in [0, 0.1) is 23.2 Å². The van der Waals surface area contributed by atoms with Crippen LogP contribution in [0.25, 0.3) is 11.0 Å². The molecular formula is C34H43Cl2N5O2. The molecule has 6 rings (SSSR count). The van der Waals surface area contributed by atoms with Crippen LogP contribution in [0.3, 0.4) is 0 Å². The van der Waals surface area contributed by atoms with Crippen LogP contribution in [-0.4, -0.2) is 40.5 Å². The van der Waals surface area contributed by atoms with Crippen LogP contribution >= 0.6 is 23.2 Å². The van der Waals surface area contributed by atoms with E-state index < -0.39 is 5.41 Å². The minimum absolute atomic E-state index is 0.000300. The lowest BCUT2D eigenvalue weighted by Crippen LogP contribution is -2.38. The molecule has 1 saturated heterocycles. The molecule has 0 bridgehead atoms.